The van der Waals surface area contributed by atoms with Gasteiger partial charge in [0.05, 0.1) is 34.5 Å². The van der Waals surface area contributed by atoms with E-state index in [4.69, 9.17) is 18.9 Å². The van der Waals surface area contributed by atoms with Crippen LogP contribution in [0.25, 0.3) is 0 Å². The number of rotatable bonds is 5. The third-order valence-electron chi connectivity index (χ3n) is 5.01. The van der Waals surface area contributed by atoms with E-state index in [1.54, 1.807) is 35.4 Å². The molecule has 2 aromatic rings. The third kappa shape index (κ3) is 3.39. The number of hydrogen-bond donors (Lipinski definition) is 0. The first-order chi connectivity index (χ1) is 13.0. The minimum atomic E-state index is -0.295. The van der Waals surface area contributed by atoms with Crippen LogP contribution in [-0.4, -0.2) is 45.8 Å². The third-order valence-corrected chi connectivity index (χ3v) is 5.01. The van der Waals surface area contributed by atoms with Gasteiger partial charge in [-0.2, -0.15) is 0 Å². The van der Waals surface area contributed by atoms with Crippen molar-refractivity contribution >= 4 is 5.91 Å². The Morgan fingerprint density at radius 1 is 0.889 bits per heavy atom. The summed E-state index contributed by atoms with van der Waals surface area (Å²) in [6.07, 6.45) is 0.748. The highest BCUT2D eigenvalue weighted by atomic mass is 16.5. The van der Waals surface area contributed by atoms with Crippen molar-refractivity contribution in [3.63, 3.8) is 0 Å². The molecular formula is C21H25NO5. The molecule has 0 spiro atoms. The second kappa shape index (κ2) is 7.78. The molecule has 2 aromatic carbocycles. The summed E-state index contributed by atoms with van der Waals surface area (Å²) in [4.78, 5) is 14.3. The first kappa shape index (κ1) is 18.9. The molecule has 0 aliphatic carbocycles. The molecule has 1 aliphatic rings. The van der Waals surface area contributed by atoms with E-state index in [0.717, 1.165) is 23.1 Å². The van der Waals surface area contributed by atoms with Gasteiger partial charge in [0.1, 0.15) is 11.5 Å². The predicted molar refractivity (Wildman–Crippen MR) is 102 cm³/mol. The van der Waals surface area contributed by atoms with Crippen molar-refractivity contribution in [3.8, 4) is 23.0 Å². The molecule has 1 amide bonds. The van der Waals surface area contributed by atoms with Crippen LogP contribution in [0.15, 0.2) is 30.3 Å². The molecule has 1 heterocycles. The number of carbonyl (C=O) groups is 1. The molecule has 3 rings (SSSR count). The van der Waals surface area contributed by atoms with Crippen molar-refractivity contribution < 1.29 is 23.7 Å². The minimum absolute atomic E-state index is 0.00491. The molecule has 6 heteroatoms. The van der Waals surface area contributed by atoms with Crippen molar-refractivity contribution in [3.05, 3.63) is 47.0 Å². The number of nitrogens with zero attached hydrogens (tertiary/aromatic N) is 1. The second-order valence-electron chi connectivity index (χ2n) is 6.38. The SMILES string of the molecule is COc1ccc(OC)c([C@@H]2c3cc(OC)c(OC)cc3CCN2C(C)=O)c1. The fourth-order valence-corrected chi connectivity index (χ4v) is 3.67. The number of methoxy groups -OCH3 is 4. The topological polar surface area (TPSA) is 57.2 Å². The summed E-state index contributed by atoms with van der Waals surface area (Å²) in [5.41, 5.74) is 3.00. The van der Waals surface area contributed by atoms with Crippen LogP contribution in [0.2, 0.25) is 0 Å². The van der Waals surface area contributed by atoms with Gasteiger partial charge in [0.15, 0.2) is 11.5 Å². The van der Waals surface area contributed by atoms with Gasteiger partial charge in [-0.05, 0) is 47.9 Å². The zero-order valence-electron chi connectivity index (χ0n) is 16.4. The van der Waals surface area contributed by atoms with Gasteiger partial charge in [0.25, 0.3) is 0 Å². The van der Waals surface area contributed by atoms with Crippen molar-refractivity contribution in [1.82, 2.24) is 4.90 Å². The molecule has 0 radical (unpaired) electrons. The Morgan fingerprint density at radius 3 is 2.15 bits per heavy atom. The van der Waals surface area contributed by atoms with E-state index < -0.39 is 0 Å². The second-order valence-corrected chi connectivity index (χ2v) is 6.38. The molecule has 1 atom stereocenters. The smallest absolute Gasteiger partial charge is 0.220 e. The van der Waals surface area contributed by atoms with Gasteiger partial charge in [0.2, 0.25) is 5.91 Å². The van der Waals surface area contributed by atoms with E-state index in [0.29, 0.717) is 29.5 Å². The highest BCUT2D eigenvalue weighted by Gasteiger charge is 2.34. The molecule has 0 fully saturated rings. The number of amides is 1. The van der Waals surface area contributed by atoms with Crippen LogP contribution in [0, 0.1) is 0 Å². The summed E-state index contributed by atoms with van der Waals surface area (Å²) >= 11 is 0. The van der Waals surface area contributed by atoms with E-state index in [1.807, 2.05) is 35.2 Å². The van der Waals surface area contributed by atoms with Gasteiger partial charge in [-0.1, -0.05) is 0 Å². The molecule has 6 nitrogen and oxygen atoms in total. The zero-order valence-corrected chi connectivity index (χ0v) is 16.4. The molecule has 0 N–H and O–H groups in total. The Balaban J connectivity index is 2.24. The largest absolute Gasteiger partial charge is 0.497 e. The average molecular weight is 371 g/mol. The fraction of sp³-hybridized carbons (Fsp3) is 0.381. The quantitative estimate of drug-likeness (QED) is 0.808. The maximum absolute atomic E-state index is 12.4. The van der Waals surface area contributed by atoms with Gasteiger partial charge in [-0.3, -0.25) is 4.79 Å². The van der Waals surface area contributed by atoms with Crippen molar-refractivity contribution in [2.24, 2.45) is 0 Å². The Kier molecular flexibility index (Phi) is 5.44. The summed E-state index contributed by atoms with van der Waals surface area (Å²) in [5.74, 6) is 2.74. The number of hydrogen-bond acceptors (Lipinski definition) is 5. The van der Waals surface area contributed by atoms with Gasteiger partial charge in [-0.15, -0.1) is 0 Å². The summed E-state index contributed by atoms with van der Waals surface area (Å²) < 4.78 is 21.9. The lowest BCUT2D eigenvalue weighted by Gasteiger charge is -2.38. The summed E-state index contributed by atoms with van der Waals surface area (Å²) in [5, 5.41) is 0. The minimum Gasteiger partial charge on any atom is -0.497 e. The van der Waals surface area contributed by atoms with E-state index >= 15 is 0 Å². The number of fused-ring (bicyclic) bond motifs is 1. The lowest BCUT2D eigenvalue weighted by molar-refractivity contribution is -0.130. The molecule has 144 valence electrons. The van der Waals surface area contributed by atoms with Crippen LogP contribution in [0.5, 0.6) is 23.0 Å². The molecular weight excluding hydrogens is 346 g/mol. The molecule has 0 saturated heterocycles. The highest BCUT2D eigenvalue weighted by Crippen LogP contribution is 2.44. The van der Waals surface area contributed by atoms with E-state index in [9.17, 15) is 4.79 Å². The maximum Gasteiger partial charge on any atom is 0.220 e. The van der Waals surface area contributed by atoms with Crippen molar-refractivity contribution in [1.29, 1.82) is 0 Å². The number of carbonyl (C=O) groups excluding carboxylic acids is 1. The fourth-order valence-electron chi connectivity index (χ4n) is 3.67. The first-order valence-electron chi connectivity index (χ1n) is 8.78. The normalized spacial score (nSPS) is 15.7. The molecule has 0 bridgehead atoms. The molecule has 0 unspecified atom stereocenters. The molecule has 0 aromatic heterocycles. The summed E-state index contributed by atoms with van der Waals surface area (Å²) in [6.45, 7) is 2.20. The van der Waals surface area contributed by atoms with Gasteiger partial charge < -0.3 is 23.8 Å². The lowest BCUT2D eigenvalue weighted by Crippen LogP contribution is -2.39. The predicted octanol–water partition coefficient (Wildman–Crippen LogP) is 3.22. The Hall–Kier alpha value is -2.89. The number of ether oxygens (including phenoxy) is 4. The Morgan fingerprint density at radius 2 is 1.56 bits per heavy atom. The zero-order chi connectivity index (χ0) is 19.6. The summed E-state index contributed by atoms with van der Waals surface area (Å²) in [6, 6.07) is 9.28. The first-order valence-corrected chi connectivity index (χ1v) is 8.78. The van der Waals surface area contributed by atoms with Crippen LogP contribution in [0.1, 0.15) is 29.7 Å². The van der Waals surface area contributed by atoms with Gasteiger partial charge >= 0.3 is 0 Å². The van der Waals surface area contributed by atoms with E-state index in [2.05, 4.69) is 0 Å². The van der Waals surface area contributed by atoms with E-state index in [1.165, 1.54) is 0 Å². The Labute approximate surface area is 159 Å². The van der Waals surface area contributed by atoms with Crippen LogP contribution in [0.3, 0.4) is 0 Å². The average Bonchev–Trinajstić information content (AvgIpc) is 2.70. The monoisotopic (exact) mass is 371 g/mol. The van der Waals surface area contributed by atoms with Crippen LogP contribution < -0.4 is 18.9 Å². The van der Waals surface area contributed by atoms with Crippen LogP contribution in [-0.2, 0) is 11.2 Å². The number of benzene rings is 2. The van der Waals surface area contributed by atoms with E-state index in [-0.39, 0.29) is 11.9 Å². The lowest BCUT2D eigenvalue weighted by atomic mass is 9.87. The van der Waals surface area contributed by atoms with Crippen LogP contribution >= 0.6 is 0 Å². The highest BCUT2D eigenvalue weighted by molar-refractivity contribution is 5.75. The standard InChI is InChI=1S/C21H25NO5/c1-13(23)22-9-8-14-10-19(26-4)20(27-5)12-16(14)21(22)17-11-15(24-2)6-7-18(17)25-3/h6-7,10-12,21H,8-9H2,1-5H3/t21-/m0/s1. The van der Waals surface area contributed by atoms with Crippen molar-refractivity contribution in [2.75, 3.05) is 35.0 Å². The maximum atomic E-state index is 12.4. The molecule has 1 aliphatic heterocycles. The van der Waals surface area contributed by atoms with Gasteiger partial charge in [0, 0.05) is 19.0 Å². The van der Waals surface area contributed by atoms with Gasteiger partial charge in [-0.25, -0.2) is 0 Å². The van der Waals surface area contributed by atoms with Crippen molar-refractivity contribution in [2.45, 2.75) is 19.4 Å². The molecule has 0 saturated carbocycles. The molecule has 27 heavy (non-hydrogen) atoms. The summed E-state index contributed by atoms with van der Waals surface area (Å²) in [7, 11) is 6.48. The Bertz CT molecular complexity index is 849. The van der Waals surface area contributed by atoms with Crippen LogP contribution in [0.4, 0.5) is 0 Å².